The number of nitrogens with two attached hydrogens (primary N) is 1. The second kappa shape index (κ2) is 5.54. The standard InChI is InChI=1S/C13H23N3O2/c1-9(13(2,3)4)16(5)8-10-6-7-11(18-10)12(17)15-14/h6-7,9H,8,14H2,1-5H3,(H,15,17). The Morgan fingerprint density at radius 3 is 2.61 bits per heavy atom. The van der Waals surface area contributed by atoms with E-state index in [4.69, 9.17) is 10.3 Å². The van der Waals surface area contributed by atoms with Crippen molar-refractivity contribution in [1.29, 1.82) is 0 Å². The van der Waals surface area contributed by atoms with Gasteiger partial charge in [0.1, 0.15) is 5.76 Å². The Morgan fingerprint density at radius 1 is 1.50 bits per heavy atom. The number of amides is 1. The van der Waals surface area contributed by atoms with E-state index in [0.717, 1.165) is 5.76 Å². The Balaban J connectivity index is 2.68. The molecule has 3 N–H and O–H groups in total. The van der Waals surface area contributed by atoms with Crippen molar-refractivity contribution in [1.82, 2.24) is 10.3 Å². The van der Waals surface area contributed by atoms with Gasteiger partial charge in [0.15, 0.2) is 5.76 Å². The van der Waals surface area contributed by atoms with Gasteiger partial charge in [-0.1, -0.05) is 20.8 Å². The molecule has 0 aliphatic heterocycles. The molecule has 18 heavy (non-hydrogen) atoms. The molecule has 1 rings (SSSR count). The van der Waals surface area contributed by atoms with Crippen molar-refractivity contribution in [3.05, 3.63) is 23.7 Å². The number of carbonyl (C=O) groups is 1. The molecule has 0 aliphatic rings. The molecular weight excluding hydrogens is 230 g/mol. The zero-order valence-electron chi connectivity index (χ0n) is 11.8. The van der Waals surface area contributed by atoms with Gasteiger partial charge in [0, 0.05) is 6.04 Å². The molecule has 0 aliphatic carbocycles. The van der Waals surface area contributed by atoms with Crippen LogP contribution in [0.15, 0.2) is 16.5 Å². The van der Waals surface area contributed by atoms with Crippen LogP contribution in [-0.4, -0.2) is 23.9 Å². The predicted molar refractivity (Wildman–Crippen MR) is 70.7 cm³/mol. The van der Waals surface area contributed by atoms with Gasteiger partial charge in [0.05, 0.1) is 6.54 Å². The summed E-state index contributed by atoms with van der Waals surface area (Å²) in [6.07, 6.45) is 0. The van der Waals surface area contributed by atoms with Crippen LogP contribution in [0.3, 0.4) is 0 Å². The number of furan rings is 1. The molecule has 0 saturated carbocycles. The minimum absolute atomic E-state index is 0.193. The molecule has 0 saturated heterocycles. The van der Waals surface area contributed by atoms with Crippen molar-refractivity contribution in [3.63, 3.8) is 0 Å². The molecule has 102 valence electrons. The number of hydrogen-bond acceptors (Lipinski definition) is 4. The molecule has 1 aromatic rings. The Bertz CT molecular complexity index is 407. The average molecular weight is 253 g/mol. The first-order chi connectivity index (χ1) is 8.25. The van der Waals surface area contributed by atoms with Gasteiger partial charge in [0.25, 0.3) is 0 Å². The summed E-state index contributed by atoms with van der Waals surface area (Å²) >= 11 is 0. The van der Waals surface area contributed by atoms with Crippen molar-refractivity contribution in [2.45, 2.75) is 40.3 Å². The minimum Gasteiger partial charge on any atom is -0.455 e. The predicted octanol–water partition coefficient (Wildman–Crippen LogP) is 1.75. The maximum absolute atomic E-state index is 11.3. The van der Waals surface area contributed by atoms with Crippen molar-refractivity contribution in [2.24, 2.45) is 11.3 Å². The molecule has 1 unspecified atom stereocenters. The SMILES string of the molecule is CC(N(C)Cc1ccc(C(=O)NN)o1)C(C)(C)C. The fourth-order valence-electron chi connectivity index (χ4n) is 1.70. The second-order valence-electron chi connectivity index (χ2n) is 5.70. The molecule has 5 nitrogen and oxygen atoms in total. The summed E-state index contributed by atoms with van der Waals surface area (Å²) in [4.78, 5) is 13.5. The lowest BCUT2D eigenvalue weighted by Gasteiger charge is -2.34. The molecule has 0 aromatic carbocycles. The highest BCUT2D eigenvalue weighted by atomic mass is 16.4. The van der Waals surface area contributed by atoms with Gasteiger partial charge in [-0.25, -0.2) is 5.84 Å². The molecule has 1 atom stereocenters. The quantitative estimate of drug-likeness (QED) is 0.487. The van der Waals surface area contributed by atoms with Gasteiger partial charge in [-0.15, -0.1) is 0 Å². The van der Waals surface area contributed by atoms with E-state index in [1.807, 2.05) is 12.5 Å². The van der Waals surface area contributed by atoms with E-state index >= 15 is 0 Å². The molecule has 0 fully saturated rings. The summed E-state index contributed by atoms with van der Waals surface area (Å²) < 4.78 is 5.44. The Morgan fingerprint density at radius 2 is 2.11 bits per heavy atom. The van der Waals surface area contributed by atoms with Gasteiger partial charge < -0.3 is 4.42 Å². The summed E-state index contributed by atoms with van der Waals surface area (Å²) in [5.74, 6) is 5.64. The summed E-state index contributed by atoms with van der Waals surface area (Å²) in [5.41, 5.74) is 2.24. The van der Waals surface area contributed by atoms with E-state index in [1.54, 1.807) is 12.1 Å². The average Bonchev–Trinajstić information content (AvgIpc) is 2.74. The van der Waals surface area contributed by atoms with Crippen LogP contribution >= 0.6 is 0 Å². The highest BCUT2D eigenvalue weighted by Crippen LogP contribution is 2.24. The summed E-state index contributed by atoms with van der Waals surface area (Å²) in [6, 6.07) is 3.83. The summed E-state index contributed by atoms with van der Waals surface area (Å²) in [7, 11) is 2.04. The van der Waals surface area contributed by atoms with E-state index in [9.17, 15) is 4.79 Å². The van der Waals surface area contributed by atoms with E-state index in [2.05, 4.69) is 32.6 Å². The summed E-state index contributed by atoms with van der Waals surface area (Å²) in [5, 5.41) is 0. The Labute approximate surface area is 108 Å². The van der Waals surface area contributed by atoms with Crippen LogP contribution in [0, 0.1) is 5.41 Å². The molecule has 0 bridgehead atoms. The third kappa shape index (κ3) is 3.58. The fourth-order valence-corrected chi connectivity index (χ4v) is 1.70. The highest BCUT2D eigenvalue weighted by Gasteiger charge is 2.24. The lowest BCUT2D eigenvalue weighted by atomic mass is 9.87. The minimum atomic E-state index is -0.409. The number of carbonyl (C=O) groups excluding carboxylic acids is 1. The van der Waals surface area contributed by atoms with E-state index in [1.165, 1.54) is 0 Å². The van der Waals surface area contributed by atoms with Crippen LogP contribution < -0.4 is 11.3 Å². The molecule has 1 heterocycles. The zero-order chi connectivity index (χ0) is 13.9. The number of hydrazine groups is 1. The van der Waals surface area contributed by atoms with Gasteiger partial charge in [0.2, 0.25) is 0 Å². The molecular formula is C13H23N3O2. The van der Waals surface area contributed by atoms with Crippen LogP contribution in [0.25, 0.3) is 0 Å². The lowest BCUT2D eigenvalue weighted by molar-refractivity contribution is 0.0916. The number of nitrogens with one attached hydrogen (secondary N) is 1. The van der Waals surface area contributed by atoms with Gasteiger partial charge in [-0.2, -0.15) is 0 Å². The van der Waals surface area contributed by atoms with Crippen molar-refractivity contribution >= 4 is 5.91 Å². The third-order valence-corrected chi connectivity index (χ3v) is 3.34. The monoisotopic (exact) mass is 253 g/mol. The highest BCUT2D eigenvalue weighted by molar-refractivity contribution is 5.90. The van der Waals surface area contributed by atoms with Crippen LogP contribution in [0.4, 0.5) is 0 Å². The first-order valence-electron chi connectivity index (χ1n) is 6.05. The number of nitrogens with zero attached hydrogens (tertiary/aromatic N) is 1. The Hall–Kier alpha value is -1.33. The molecule has 5 heteroatoms. The van der Waals surface area contributed by atoms with Crippen molar-refractivity contribution in [2.75, 3.05) is 7.05 Å². The van der Waals surface area contributed by atoms with Crippen LogP contribution in [0.2, 0.25) is 0 Å². The van der Waals surface area contributed by atoms with Crippen molar-refractivity contribution < 1.29 is 9.21 Å². The lowest BCUT2D eigenvalue weighted by Crippen LogP contribution is -2.38. The van der Waals surface area contributed by atoms with Crippen LogP contribution in [0.5, 0.6) is 0 Å². The maximum atomic E-state index is 11.3. The largest absolute Gasteiger partial charge is 0.455 e. The van der Waals surface area contributed by atoms with Gasteiger partial charge in [-0.05, 0) is 31.5 Å². The molecule has 0 spiro atoms. The van der Waals surface area contributed by atoms with Crippen LogP contribution in [0.1, 0.15) is 44.0 Å². The molecule has 1 aromatic heterocycles. The van der Waals surface area contributed by atoms with Crippen molar-refractivity contribution in [3.8, 4) is 0 Å². The Kier molecular flexibility index (Phi) is 4.53. The van der Waals surface area contributed by atoms with E-state index in [0.29, 0.717) is 12.6 Å². The van der Waals surface area contributed by atoms with Crippen LogP contribution in [-0.2, 0) is 6.54 Å². The number of hydrogen-bond donors (Lipinski definition) is 2. The second-order valence-corrected chi connectivity index (χ2v) is 5.70. The van der Waals surface area contributed by atoms with E-state index < -0.39 is 5.91 Å². The smallest absolute Gasteiger partial charge is 0.300 e. The third-order valence-electron chi connectivity index (χ3n) is 3.34. The number of nitrogen functional groups attached to an aromatic ring is 1. The van der Waals surface area contributed by atoms with Gasteiger partial charge >= 0.3 is 5.91 Å². The van der Waals surface area contributed by atoms with Gasteiger partial charge in [-0.3, -0.25) is 15.1 Å². The summed E-state index contributed by atoms with van der Waals surface area (Å²) in [6.45, 7) is 9.43. The first kappa shape index (κ1) is 14.7. The number of rotatable bonds is 4. The maximum Gasteiger partial charge on any atom is 0.300 e. The zero-order valence-corrected chi connectivity index (χ0v) is 11.8. The normalized spacial score (nSPS) is 13.7. The van der Waals surface area contributed by atoms with E-state index in [-0.39, 0.29) is 11.2 Å². The fraction of sp³-hybridized carbons (Fsp3) is 0.615. The molecule has 0 radical (unpaired) electrons. The molecule has 1 amide bonds. The topological polar surface area (TPSA) is 71.5 Å². The first-order valence-corrected chi connectivity index (χ1v) is 6.05.